The first-order chi connectivity index (χ1) is 7.44. The second-order valence-corrected chi connectivity index (χ2v) is 4.59. The number of methoxy groups -OCH3 is 1. The maximum atomic E-state index is 13.5. The summed E-state index contributed by atoms with van der Waals surface area (Å²) in [4.78, 5) is 0. The van der Waals surface area contributed by atoms with Crippen LogP contribution in [0.15, 0.2) is 18.2 Å². The molecule has 2 nitrogen and oxygen atoms in total. The Labute approximate surface area is 100.0 Å². The fourth-order valence-corrected chi connectivity index (χ4v) is 1.64. The Morgan fingerprint density at radius 1 is 1.50 bits per heavy atom. The third-order valence-electron chi connectivity index (χ3n) is 2.43. The Bertz CT molecular complexity index is 353. The average molecular weight is 247 g/mol. The van der Waals surface area contributed by atoms with Crippen molar-refractivity contribution >= 4 is 11.6 Å². The van der Waals surface area contributed by atoms with E-state index in [0.717, 1.165) is 0 Å². The van der Waals surface area contributed by atoms with Crippen LogP contribution in [-0.4, -0.2) is 24.4 Å². The van der Waals surface area contributed by atoms with E-state index in [9.17, 15) is 9.50 Å². The van der Waals surface area contributed by atoms with Crippen LogP contribution in [0.25, 0.3) is 0 Å². The van der Waals surface area contributed by atoms with Crippen molar-refractivity contribution in [3.8, 4) is 0 Å². The molecule has 0 amide bonds. The van der Waals surface area contributed by atoms with Crippen molar-refractivity contribution in [3.05, 3.63) is 34.6 Å². The molecule has 0 aliphatic carbocycles. The highest BCUT2D eigenvalue weighted by atomic mass is 35.5. The fourth-order valence-electron chi connectivity index (χ4n) is 1.49. The number of rotatable bonds is 5. The lowest BCUT2D eigenvalue weighted by Gasteiger charge is -2.23. The number of hydrogen-bond acceptors (Lipinski definition) is 2. The van der Waals surface area contributed by atoms with Gasteiger partial charge in [0.2, 0.25) is 0 Å². The molecule has 0 bridgehead atoms. The molecule has 0 aromatic heterocycles. The van der Waals surface area contributed by atoms with E-state index in [1.165, 1.54) is 6.07 Å². The van der Waals surface area contributed by atoms with Gasteiger partial charge in [-0.3, -0.25) is 0 Å². The summed E-state index contributed by atoms with van der Waals surface area (Å²) in [6.07, 6.45) is 0.713. The molecule has 0 aliphatic heterocycles. The zero-order valence-corrected chi connectivity index (χ0v) is 10.2. The molecule has 4 heteroatoms. The van der Waals surface area contributed by atoms with Crippen LogP contribution < -0.4 is 0 Å². The number of ether oxygens (including phenoxy) is 1. The molecule has 1 unspecified atom stereocenters. The van der Waals surface area contributed by atoms with Crippen LogP contribution in [0.5, 0.6) is 0 Å². The van der Waals surface area contributed by atoms with Crippen molar-refractivity contribution in [1.82, 2.24) is 0 Å². The lowest BCUT2D eigenvalue weighted by Crippen LogP contribution is -2.29. The molecular weight excluding hydrogens is 231 g/mol. The van der Waals surface area contributed by atoms with Gasteiger partial charge in [0.15, 0.2) is 0 Å². The summed E-state index contributed by atoms with van der Waals surface area (Å²) >= 11 is 5.65. The molecule has 0 heterocycles. The number of aliphatic hydroxyl groups is 1. The molecule has 90 valence electrons. The lowest BCUT2D eigenvalue weighted by molar-refractivity contribution is 0.0243. The van der Waals surface area contributed by atoms with Gasteiger partial charge in [-0.1, -0.05) is 17.7 Å². The van der Waals surface area contributed by atoms with E-state index in [-0.39, 0.29) is 12.2 Å². The van der Waals surface area contributed by atoms with Crippen LogP contribution in [0.3, 0.4) is 0 Å². The summed E-state index contributed by atoms with van der Waals surface area (Å²) in [5.74, 6) is -0.384. The van der Waals surface area contributed by atoms with Gasteiger partial charge in [0, 0.05) is 25.2 Å². The van der Waals surface area contributed by atoms with Gasteiger partial charge in [-0.15, -0.1) is 0 Å². The molecular formula is C12H16ClFO2. The van der Waals surface area contributed by atoms with Gasteiger partial charge in [0.1, 0.15) is 5.82 Å². The Kier molecular flexibility index (Phi) is 4.71. The van der Waals surface area contributed by atoms with Crippen LogP contribution in [-0.2, 0) is 11.2 Å². The smallest absolute Gasteiger partial charge is 0.127 e. The molecule has 16 heavy (non-hydrogen) atoms. The van der Waals surface area contributed by atoms with E-state index in [0.29, 0.717) is 23.6 Å². The van der Waals surface area contributed by atoms with Crippen molar-refractivity contribution in [3.63, 3.8) is 0 Å². The highest BCUT2D eigenvalue weighted by molar-refractivity contribution is 6.30. The van der Waals surface area contributed by atoms with Crippen LogP contribution in [0.4, 0.5) is 4.39 Å². The van der Waals surface area contributed by atoms with Crippen LogP contribution in [0.1, 0.15) is 18.9 Å². The SMILES string of the molecule is COCCC(C)(O)Cc1ccc(Cl)cc1F. The summed E-state index contributed by atoms with van der Waals surface area (Å²) in [6, 6.07) is 4.47. The molecule has 1 N–H and O–H groups in total. The van der Waals surface area contributed by atoms with Gasteiger partial charge in [-0.2, -0.15) is 0 Å². The third kappa shape index (κ3) is 4.08. The molecule has 0 saturated heterocycles. The Morgan fingerprint density at radius 2 is 2.19 bits per heavy atom. The van der Waals surface area contributed by atoms with E-state index in [2.05, 4.69) is 0 Å². The Morgan fingerprint density at radius 3 is 2.75 bits per heavy atom. The van der Waals surface area contributed by atoms with Crippen LogP contribution >= 0.6 is 11.6 Å². The summed E-state index contributed by atoms with van der Waals surface area (Å²) in [5, 5.41) is 10.4. The Hall–Kier alpha value is -0.640. The first-order valence-electron chi connectivity index (χ1n) is 5.10. The van der Waals surface area contributed by atoms with E-state index in [4.69, 9.17) is 16.3 Å². The predicted octanol–water partition coefficient (Wildman–Crippen LogP) is 2.81. The highest BCUT2D eigenvalue weighted by Crippen LogP contribution is 2.21. The Balaban J connectivity index is 2.71. The molecule has 0 radical (unpaired) electrons. The normalized spacial score (nSPS) is 14.8. The monoisotopic (exact) mass is 246 g/mol. The van der Waals surface area contributed by atoms with Crippen molar-refractivity contribution in [1.29, 1.82) is 0 Å². The molecule has 0 aliphatic rings. The lowest BCUT2D eigenvalue weighted by atomic mass is 9.93. The van der Waals surface area contributed by atoms with Crippen molar-refractivity contribution in [2.24, 2.45) is 0 Å². The summed E-state index contributed by atoms with van der Waals surface area (Å²) in [5.41, 5.74) is -0.504. The van der Waals surface area contributed by atoms with Gasteiger partial charge < -0.3 is 9.84 Å². The molecule has 0 fully saturated rings. The zero-order valence-electron chi connectivity index (χ0n) is 9.46. The van der Waals surface area contributed by atoms with E-state index in [1.54, 1.807) is 26.2 Å². The quantitative estimate of drug-likeness (QED) is 0.866. The standard InChI is InChI=1S/C12H16ClFO2/c1-12(15,5-6-16-2)8-9-3-4-10(13)7-11(9)14/h3-4,7,15H,5-6,8H2,1-2H3. The summed E-state index contributed by atoms with van der Waals surface area (Å²) < 4.78 is 18.4. The minimum absolute atomic E-state index is 0.249. The van der Waals surface area contributed by atoms with Gasteiger partial charge in [0.25, 0.3) is 0 Å². The summed E-state index contributed by atoms with van der Waals surface area (Å²) in [6.45, 7) is 2.11. The first-order valence-corrected chi connectivity index (χ1v) is 5.48. The van der Waals surface area contributed by atoms with E-state index < -0.39 is 5.60 Å². The van der Waals surface area contributed by atoms with Crippen molar-refractivity contribution in [2.45, 2.75) is 25.4 Å². The maximum absolute atomic E-state index is 13.5. The van der Waals surface area contributed by atoms with Crippen LogP contribution in [0, 0.1) is 5.82 Å². The first kappa shape index (κ1) is 13.4. The number of hydrogen-bond donors (Lipinski definition) is 1. The molecule has 1 atom stereocenters. The molecule has 1 aromatic carbocycles. The molecule has 1 aromatic rings. The maximum Gasteiger partial charge on any atom is 0.127 e. The largest absolute Gasteiger partial charge is 0.390 e. The topological polar surface area (TPSA) is 29.5 Å². The minimum atomic E-state index is -0.968. The van der Waals surface area contributed by atoms with E-state index in [1.807, 2.05) is 0 Å². The second-order valence-electron chi connectivity index (χ2n) is 4.15. The predicted molar refractivity (Wildman–Crippen MR) is 62.2 cm³/mol. The van der Waals surface area contributed by atoms with Gasteiger partial charge >= 0.3 is 0 Å². The molecule has 0 spiro atoms. The van der Waals surface area contributed by atoms with E-state index >= 15 is 0 Å². The third-order valence-corrected chi connectivity index (χ3v) is 2.67. The fraction of sp³-hybridized carbons (Fsp3) is 0.500. The average Bonchev–Trinajstić information content (AvgIpc) is 2.19. The number of halogens is 2. The number of benzene rings is 1. The van der Waals surface area contributed by atoms with Gasteiger partial charge in [-0.05, 0) is 31.0 Å². The second kappa shape index (κ2) is 5.62. The van der Waals surface area contributed by atoms with Gasteiger partial charge in [-0.25, -0.2) is 4.39 Å². The van der Waals surface area contributed by atoms with Gasteiger partial charge in [0.05, 0.1) is 5.60 Å². The van der Waals surface area contributed by atoms with Crippen LogP contribution in [0.2, 0.25) is 5.02 Å². The summed E-state index contributed by atoms with van der Waals surface area (Å²) in [7, 11) is 1.57. The van der Waals surface area contributed by atoms with Crippen molar-refractivity contribution in [2.75, 3.05) is 13.7 Å². The van der Waals surface area contributed by atoms with Crippen molar-refractivity contribution < 1.29 is 14.2 Å². The highest BCUT2D eigenvalue weighted by Gasteiger charge is 2.22. The minimum Gasteiger partial charge on any atom is -0.390 e. The molecule has 0 saturated carbocycles. The zero-order chi connectivity index (χ0) is 12.2. The molecule has 1 rings (SSSR count).